The van der Waals surface area contributed by atoms with Crippen LogP contribution < -0.4 is 15.0 Å². The quantitative estimate of drug-likeness (QED) is 0.0870. The first-order valence-corrected chi connectivity index (χ1v) is 29.7. The van der Waals surface area contributed by atoms with Gasteiger partial charge in [-0.15, -0.1) is 0 Å². The second-order valence-electron chi connectivity index (χ2n) is 22.3. The van der Waals surface area contributed by atoms with E-state index in [9.17, 15) is 0 Å². The highest BCUT2D eigenvalue weighted by molar-refractivity contribution is 6.03. The van der Waals surface area contributed by atoms with Gasteiger partial charge in [0, 0.05) is 39.5 Å². The average Bonchev–Trinajstić information content (AvgIpc) is 4.35. The molecule has 1 N–H and O–H groups in total. The van der Waals surface area contributed by atoms with Crippen LogP contribution in [0.2, 0.25) is 0 Å². The molecular weight excluding hydrogens is 949 g/mol. The van der Waals surface area contributed by atoms with Gasteiger partial charge in [0.15, 0.2) is 0 Å². The Morgan fingerprint density at radius 1 is 0.756 bits per heavy atom. The van der Waals surface area contributed by atoms with E-state index in [1.165, 1.54) is 146 Å². The van der Waals surface area contributed by atoms with Crippen LogP contribution in [0.5, 0.6) is 5.75 Å². The van der Waals surface area contributed by atoms with Crippen molar-refractivity contribution in [1.29, 1.82) is 0 Å². The van der Waals surface area contributed by atoms with E-state index in [1.807, 2.05) is 13.8 Å². The van der Waals surface area contributed by atoms with Gasteiger partial charge in [0.1, 0.15) is 22.9 Å². The van der Waals surface area contributed by atoms with Crippen LogP contribution in [0, 0.1) is 47.5 Å². The van der Waals surface area contributed by atoms with Crippen LogP contribution >= 0.6 is 0 Å². The summed E-state index contributed by atoms with van der Waals surface area (Å²) in [6.07, 6.45) is 35.5. The van der Waals surface area contributed by atoms with Crippen molar-refractivity contribution in [3.8, 4) is 5.75 Å². The molecule has 4 nitrogen and oxygen atoms in total. The third-order valence-corrected chi connectivity index (χ3v) is 16.7. The minimum atomic E-state index is 0.466. The molecule has 4 heteroatoms. The summed E-state index contributed by atoms with van der Waals surface area (Å²) in [5, 5.41) is 7.57. The summed E-state index contributed by atoms with van der Waals surface area (Å²) in [5.41, 5.74) is 21.2. The standard InChI is InChI=1S/C44H43NO.C28H37NO.C2H6/c1-28-19-25-40(29(2)27-28)45(41-26-23-35-21-20-33-14-7-8-15-34-22-24-39(41)43(35)42(33)34)30(3)11-9-16-36-31(4)46-44-37(17-10-18-38(36)44)32-12-5-6-13-32;1-6-11-27(25(7-2)29-26-17-16-20(3)18-22(26)5)30-28-21(4)12-10-15-24(28)19-23-13-8-9-14-23;1-2/h7,9-11,14,16-27,32,34H,5-6,8,12-13,15H2,1-4H3;7,10-12,15-18,23,29H,6,8-9,13-14,19H2,1-5H3;1-2H3/b16-9-,30-11+;25-7+,27-11+;. The molecule has 404 valence electrons. The zero-order valence-electron chi connectivity index (χ0n) is 48.9. The monoisotopic (exact) mass is 1030 g/mol. The smallest absolute Gasteiger partial charge is 0.146 e. The number of ether oxygens (including phenoxy) is 1. The Balaban J connectivity index is 0.000000201. The minimum Gasteiger partial charge on any atom is -0.460 e. The molecule has 11 rings (SSSR count). The molecule has 1 unspecified atom stereocenters. The summed E-state index contributed by atoms with van der Waals surface area (Å²) < 4.78 is 13.1. The predicted octanol–water partition coefficient (Wildman–Crippen LogP) is 21.9. The summed E-state index contributed by atoms with van der Waals surface area (Å²) in [4.78, 5) is 2.46. The predicted molar refractivity (Wildman–Crippen MR) is 337 cm³/mol. The summed E-state index contributed by atoms with van der Waals surface area (Å²) in [5.74, 6) is 4.81. The molecule has 0 radical (unpaired) electrons. The second kappa shape index (κ2) is 25.6. The topological polar surface area (TPSA) is 37.6 Å². The highest BCUT2D eigenvalue weighted by Crippen LogP contribution is 2.47. The van der Waals surface area contributed by atoms with E-state index in [-0.39, 0.29) is 0 Å². The van der Waals surface area contributed by atoms with Crippen molar-refractivity contribution >= 4 is 57.0 Å². The van der Waals surface area contributed by atoms with Crippen LogP contribution in [0.1, 0.15) is 184 Å². The van der Waals surface area contributed by atoms with Gasteiger partial charge in [-0.2, -0.15) is 0 Å². The molecule has 7 aromatic rings. The Hall–Kier alpha value is -7.04. The van der Waals surface area contributed by atoms with Crippen molar-refractivity contribution in [3.63, 3.8) is 0 Å². The molecule has 1 atom stereocenters. The Morgan fingerprint density at radius 3 is 2.22 bits per heavy atom. The SMILES string of the molecule is C/C(=C\C=C/c1c(C)oc2c(C3CCCC3)cccc12)N(c1ccc(C)cc1C)c1ccc2ccc3c4c2c1C=CC4CCC=C3.C/C=C(Nc1ccc(C)cc1C)\C(=C/CC)Oc1c(C)cccc1CC1CCCC1.CC. The Bertz CT molecular complexity index is 3450. The summed E-state index contributed by atoms with van der Waals surface area (Å²) in [6.45, 7) is 23.4. The van der Waals surface area contributed by atoms with Gasteiger partial charge >= 0.3 is 0 Å². The van der Waals surface area contributed by atoms with Crippen LogP contribution in [0.15, 0.2) is 155 Å². The molecule has 0 saturated heterocycles. The lowest BCUT2D eigenvalue weighted by Crippen LogP contribution is -2.18. The molecule has 6 aromatic carbocycles. The molecule has 0 amide bonds. The molecule has 0 spiro atoms. The fourth-order valence-electron chi connectivity index (χ4n) is 12.8. The number of hydrogen-bond acceptors (Lipinski definition) is 4. The zero-order chi connectivity index (χ0) is 54.9. The fraction of sp³-hybridized carbons (Fsp3) is 0.351. The number of fused-ring (bicyclic) bond motifs is 1. The van der Waals surface area contributed by atoms with Crippen molar-refractivity contribution in [2.24, 2.45) is 5.92 Å². The van der Waals surface area contributed by atoms with Crippen molar-refractivity contribution in [3.05, 3.63) is 218 Å². The molecule has 2 fully saturated rings. The lowest BCUT2D eigenvalue weighted by Gasteiger charge is -2.32. The van der Waals surface area contributed by atoms with Gasteiger partial charge in [0.05, 0.1) is 11.4 Å². The minimum absolute atomic E-state index is 0.466. The number of benzene rings is 6. The highest BCUT2D eigenvalue weighted by atomic mass is 16.5. The summed E-state index contributed by atoms with van der Waals surface area (Å²) in [7, 11) is 0. The molecule has 1 heterocycles. The van der Waals surface area contributed by atoms with Crippen molar-refractivity contribution in [2.75, 3.05) is 10.2 Å². The number of anilines is 3. The number of para-hydroxylation sites is 2. The first kappa shape index (κ1) is 55.7. The van der Waals surface area contributed by atoms with E-state index in [1.54, 1.807) is 0 Å². The normalized spacial score (nSPS) is 16.6. The maximum atomic E-state index is 6.65. The van der Waals surface area contributed by atoms with Crippen molar-refractivity contribution < 1.29 is 9.15 Å². The number of aryl methyl sites for hydroxylation is 6. The first-order valence-electron chi connectivity index (χ1n) is 29.7. The Kier molecular flexibility index (Phi) is 18.3. The van der Waals surface area contributed by atoms with Gasteiger partial charge in [-0.05, 0) is 186 Å². The van der Waals surface area contributed by atoms with Crippen LogP contribution in [-0.2, 0) is 6.42 Å². The summed E-state index contributed by atoms with van der Waals surface area (Å²) in [6, 6.07) is 35.9. The van der Waals surface area contributed by atoms with Gasteiger partial charge in [-0.1, -0.05) is 192 Å². The van der Waals surface area contributed by atoms with Gasteiger partial charge < -0.3 is 19.4 Å². The van der Waals surface area contributed by atoms with Crippen LogP contribution in [-0.4, -0.2) is 0 Å². The van der Waals surface area contributed by atoms with E-state index in [2.05, 4.69) is 224 Å². The number of furan rings is 1. The van der Waals surface area contributed by atoms with Crippen LogP contribution in [0.3, 0.4) is 0 Å². The third kappa shape index (κ3) is 12.1. The van der Waals surface area contributed by atoms with Gasteiger partial charge in [-0.3, -0.25) is 0 Å². The highest BCUT2D eigenvalue weighted by Gasteiger charge is 2.27. The Morgan fingerprint density at radius 2 is 1.47 bits per heavy atom. The molecule has 4 aliphatic carbocycles. The van der Waals surface area contributed by atoms with Crippen molar-refractivity contribution in [2.45, 2.75) is 165 Å². The lowest BCUT2D eigenvalue weighted by atomic mass is 9.81. The van der Waals surface area contributed by atoms with Gasteiger partial charge in [0.2, 0.25) is 0 Å². The molecular formula is C74H86N2O2. The number of hydrogen-bond donors (Lipinski definition) is 1. The number of rotatable bonds is 14. The molecule has 0 bridgehead atoms. The van der Waals surface area contributed by atoms with E-state index in [4.69, 9.17) is 9.15 Å². The molecule has 0 aliphatic heterocycles. The van der Waals surface area contributed by atoms with E-state index in [0.29, 0.717) is 11.8 Å². The van der Waals surface area contributed by atoms with Crippen LogP contribution in [0.25, 0.3) is 40.0 Å². The van der Waals surface area contributed by atoms with Crippen molar-refractivity contribution in [1.82, 2.24) is 0 Å². The maximum Gasteiger partial charge on any atom is 0.146 e. The first-order chi connectivity index (χ1) is 38.0. The largest absolute Gasteiger partial charge is 0.460 e. The molecule has 4 aliphatic rings. The van der Waals surface area contributed by atoms with Crippen LogP contribution in [0.4, 0.5) is 17.1 Å². The molecule has 1 aromatic heterocycles. The summed E-state index contributed by atoms with van der Waals surface area (Å²) >= 11 is 0. The Labute approximate surface area is 468 Å². The van der Waals surface area contributed by atoms with Gasteiger partial charge in [0.25, 0.3) is 0 Å². The second-order valence-corrected chi connectivity index (χ2v) is 22.3. The number of nitrogens with zero attached hydrogens (tertiary/aromatic N) is 1. The number of allylic oxidation sites excluding steroid dienone is 7. The fourth-order valence-corrected chi connectivity index (χ4v) is 12.8. The van der Waals surface area contributed by atoms with E-state index in [0.717, 1.165) is 65.8 Å². The van der Waals surface area contributed by atoms with Gasteiger partial charge in [-0.25, -0.2) is 0 Å². The maximum absolute atomic E-state index is 6.65. The lowest BCUT2D eigenvalue weighted by molar-refractivity contribution is 0.419. The van der Waals surface area contributed by atoms with E-state index < -0.39 is 0 Å². The molecule has 2 saturated carbocycles. The van der Waals surface area contributed by atoms with E-state index >= 15 is 0 Å². The average molecular weight is 1040 g/mol. The zero-order valence-corrected chi connectivity index (χ0v) is 48.9. The molecule has 78 heavy (non-hydrogen) atoms. The number of nitrogens with one attached hydrogen (secondary N) is 1. The third-order valence-electron chi connectivity index (χ3n) is 16.7.